The number of nitrogens with one attached hydrogen (secondary N) is 1. The summed E-state index contributed by atoms with van der Waals surface area (Å²) in [4.78, 5) is 14.0. The lowest BCUT2D eigenvalue weighted by molar-refractivity contribution is -0.113. The van der Waals surface area contributed by atoms with Crippen LogP contribution in [0.3, 0.4) is 0 Å². The maximum absolute atomic E-state index is 11.9. The second-order valence-electron chi connectivity index (χ2n) is 4.65. The Kier molecular flexibility index (Phi) is 7.02. The van der Waals surface area contributed by atoms with Crippen molar-refractivity contribution in [3.63, 3.8) is 0 Å². The number of hydrogen-bond donors (Lipinski definition) is 1. The summed E-state index contributed by atoms with van der Waals surface area (Å²) < 4.78 is 0.783. The number of aryl methyl sites for hydroxylation is 2. The van der Waals surface area contributed by atoms with Crippen LogP contribution < -0.4 is 5.32 Å². The number of hydrogen-bond acceptors (Lipinski definition) is 3. The van der Waals surface area contributed by atoms with E-state index in [0.29, 0.717) is 5.75 Å². The highest BCUT2D eigenvalue weighted by Crippen LogP contribution is 2.15. The number of nitrogens with zero attached hydrogens (tertiary/aromatic N) is 1. The van der Waals surface area contributed by atoms with Crippen LogP contribution in [0, 0.1) is 13.8 Å². The Morgan fingerprint density at radius 1 is 1.20 bits per heavy atom. The molecule has 0 aliphatic heterocycles. The van der Waals surface area contributed by atoms with Crippen molar-refractivity contribution in [2.75, 3.05) is 24.2 Å². The molecule has 0 aromatic heterocycles. The van der Waals surface area contributed by atoms with Crippen LogP contribution in [-0.2, 0) is 4.79 Å². The molecule has 0 radical (unpaired) electrons. The van der Waals surface area contributed by atoms with Gasteiger partial charge in [-0.3, -0.25) is 4.79 Å². The SMILES string of the molecule is CCN(CC)C(=S)SCC(=O)Nc1cc(C)cc(C)c1. The number of thioether (sulfide) groups is 1. The molecule has 0 atom stereocenters. The lowest BCUT2D eigenvalue weighted by Crippen LogP contribution is -2.28. The van der Waals surface area contributed by atoms with E-state index in [2.05, 4.69) is 30.1 Å². The van der Waals surface area contributed by atoms with Gasteiger partial charge in [-0.1, -0.05) is 30.0 Å². The highest BCUT2D eigenvalue weighted by Gasteiger charge is 2.09. The first-order chi connectivity index (χ1) is 9.46. The maximum Gasteiger partial charge on any atom is 0.234 e. The van der Waals surface area contributed by atoms with Crippen molar-refractivity contribution in [1.82, 2.24) is 4.90 Å². The molecule has 110 valence electrons. The topological polar surface area (TPSA) is 32.3 Å². The molecule has 1 rings (SSSR count). The molecule has 1 aromatic rings. The Hall–Kier alpha value is -1.07. The van der Waals surface area contributed by atoms with Crippen LogP contribution >= 0.6 is 24.0 Å². The first-order valence-corrected chi connectivity index (χ1v) is 8.15. The molecular weight excluding hydrogens is 288 g/mol. The Morgan fingerprint density at radius 3 is 2.25 bits per heavy atom. The summed E-state index contributed by atoms with van der Waals surface area (Å²) in [5.41, 5.74) is 3.14. The number of anilines is 1. The molecule has 5 heteroatoms. The van der Waals surface area contributed by atoms with Crippen LogP contribution in [0.2, 0.25) is 0 Å². The van der Waals surface area contributed by atoms with Crippen LogP contribution in [0.1, 0.15) is 25.0 Å². The molecule has 0 unspecified atom stereocenters. The summed E-state index contributed by atoms with van der Waals surface area (Å²) in [7, 11) is 0. The number of carbonyl (C=O) groups excluding carboxylic acids is 1. The predicted octanol–water partition coefficient (Wildman–Crippen LogP) is 3.60. The van der Waals surface area contributed by atoms with Gasteiger partial charge in [-0.25, -0.2) is 0 Å². The maximum atomic E-state index is 11.9. The highest BCUT2D eigenvalue weighted by molar-refractivity contribution is 8.23. The van der Waals surface area contributed by atoms with Crippen LogP contribution in [0.15, 0.2) is 18.2 Å². The third kappa shape index (κ3) is 5.51. The largest absolute Gasteiger partial charge is 0.358 e. The van der Waals surface area contributed by atoms with Gasteiger partial charge in [0, 0.05) is 18.8 Å². The lowest BCUT2D eigenvalue weighted by atomic mass is 10.1. The Bertz CT molecular complexity index is 465. The van der Waals surface area contributed by atoms with E-state index in [0.717, 1.165) is 34.2 Å². The van der Waals surface area contributed by atoms with Gasteiger partial charge in [-0.2, -0.15) is 0 Å². The first-order valence-electron chi connectivity index (χ1n) is 6.76. The summed E-state index contributed by atoms with van der Waals surface area (Å²) >= 11 is 6.72. The third-order valence-corrected chi connectivity index (χ3v) is 4.38. The van der Waals surface area contributed by atoms with Crippen LogP contribution in [0.4, 0.5) is 5.69 Å². The highest BCUT2D eigenvalue weighted by atomic mass is 32.2. The van der Waals surface area contributed by atoms with E-state index < -0.39 is 0 Å². The molecular formula is C15H22N2OS2. The van der Waals surface area contributed by atoms with Crippen molar-refractivity contribution >= 4 is 39.9 Å². The van der Waals surface area contributed by atoms with Crippen molar-refractivity contribution < 1.29 is 4.79 Å². The van der Waals surface area contributed by atoms with Crippen molar-refractivity contribution in [3.05, 3.63) is 29.3 Å². The normalized spacial score (nSPS) is 10.2. The summed E-state index contributed by atoms with van der Waals surface area (Å²) in [6.07, 6.45) is 0. The van der Waals surface area contributed by atoms with Gasteiger partial charge in [0.2, 0.25) is 5.91 Å². The molecule has 0 aliphatic rings. The number of carbonyl (C=O) groups is 1. The van der Waals surface area contributed by atoms with Crippen LogP contribution in [-0.4, -0.2) is 34.0 Å². The quantitative estimate of drug-likeness (QED) is 0.842. The number of thiocarbonyl (C=S) groups is 1. The van der Waals surface area contributed by atoms with Crippen LogP contribution in [0.5, 0.6) is 0 Å². The summed E-state index contributed by atoms with van der Waals surface area (Å²) in [6.45, 7) is 9.92. The van der Waals surface area contributed by atoms with Crippen molar-refractivity contribution in [2.45, 2.75) is 27.7 Å². The average Bonchev–Trinajstić information content (AvgIpc) is 2.36. The Morgan fingerprint density at radius 2 is 1.75 bits per heavy atom. The van der Waals surface area contributed by atoms with E-state index in [1.54, 1.807) is 0 Å². The molecule has 1 N–H and O–H groups in total. The molecule has 0 bridgehead atoms. The van der Waals surface area contributed by atoms with Crippen LogP contribution in [0.25, 0.3) is 0 Å². The monoisotopic (exact) mass is 310 g/mol. The van der Waals surface area contributed by atoms with Gasteiger partial charge in [-0.05, 0) is 51.0 Å². The summed E-state index contributed by atoms with van der Waals surface area (Å²) in [5.74, 6) is 0.331. The molecule has 1 aromatic carbocycles. The molecule has 20 heavy (non-hydrogen) atoms. The number of rotatable bonds is 5. The van der Waals surface area contributed by atoms with Crippen molar-refractivity contribution in [2.24, 2.45) is 0 Å². The second kappa shape index (κ2) is 8.27. The van der Waals surface area contributed by atoms with Crippen molar-refractivity contribution in [1.29, 1.82) is 0 Å². The Balaban J connectivity index is 2.50. The molecule has 1 amide bonds. The van der Waals surface area contributed by atoms with Gasteiger partial charge in [0.1, 0.15) is 4.32 Å². The van der Waals surface area contributed by atoms with Crippen molar-refractivity contribution in [3.8, 4) is 0 Å². The minimum atomic E-state index is -0.0190. The van der Waals surface area contributed by atoms with E-state index in [9.17, 15) is 4.79 Å². The average molecular weight is 310 g/mol. The van der Waals surface area contributed by atoms with Gasteiger partial charge in [0.05, 0.1) is 5.75 Å². The number of amides is 1. The zero-order chi connectivity index (χ0) is 15.1. The zero-order valence-electron chi connectivity index (χ0n) is 12.5. The van der Waals surface area contributed by atoms with Gasteiger partial charge < -0.3 is 10.2 Å². The van der Waals surface area contributed by atoms with Gasteiger partial charge in [-0.15, -0.1) is 0 Å². The smallest absolute Gasteiger partial charge is 0.234 e. The minimum Gasteiger partial charge on any atom is -0.358 e. The fraction of sp³-hybridized carbons (Fsp3) is 0.467. The Labute approximate surface area is 131 Å². The molecule has 3 nitrogen and oxygen atoms in total. The fourth-order valence-corrected chi connectivity index (χ4v) is 3.15. The molecule has 0 saturated carbocycles. The molecule has 0 spiro atoms. The van der Waals surface area contributed by atoms with Gasteiger partial charge in [0.15, 0.2) is 0 Å². The van der Waals surface area contributed by atoms with E-state index in [4.69, 9.17) is 12.2 Å². The molecule has 0 heterocycles. The van der Waals surface area contributed by atoms with E-state index in [1.165, 1.54) is 11.8 Å². The summed E-state index contributed by atoms with van der Waals surface area (Å²) in [5, 5.41) is 2.92. The zero-order valence-corrected chi connectivity index (χ0v) is 14.2. The van der Waals surface area contributed by atoms with E-state index >= 15 is 0 Å². The predicted molar refractivity (Wildman–Crippen MR) is 92.5 cm³/mol. The standard InChI is InChI=1S/C15H22N2OS2/c1-5-17(6-2)15(19)20-10-14(18)16-13-8-11(3)7-12(4)9-13/h7-9H,5-6,10H2,1-4H3,(H,16,18). The molecule has 0 saturated heterocycles. The van der Waals surface area contributed by atoms with E-state index in [1.807, 2.05) is 26.0 Å². The minimum absolute atomic E-state index is 0.0190. The van der Waals surface area contributed by atoms with Gasteiger partial charge in [0.25, 0.3) is 0 Å². The number of benzene rings is 1. The second-order valence-corrected chi connectivity index (χ2v) is 6.26. The van der Waals surface area contributed by atoms with E-state index in [-0.39, 0.29) is 5.91 Å². The molecule has 0 aliphatic carbocycles. The summed E-state index contributed by atoms with van der Waals surface area (Å²) in [6, 6.07) is 6.02. The molecule has 0 fully saturated rings. The fourth-order valence-electron chi connectivity index (χ4n) is 1.94. The first kappa shape index (κ1) is 17.0. The third-order valence-electron chi connectivity index (χ3n) is 2.85. The van der Waals surface area contributed by atoms with Gasteiger partial charge >= 0.3 is 0 Å². The lowest BCUT2D eigenvalue weighted by Gasteiger charge is -2.20.